The molecule has 0 bridgehead atoms. The summed E-state index contributed by atoms with van der Waals surface area (Å²) in [6.07, 6.45) is 3.40. The van der Waals surface area contributed by atoms with E-state index in [9.17, 15) is 9.90 Å². The molecule has 2 aromatic heterocycles. The average Bonchev–Trinajstić information content (AvgIpc) is 3.03. The third kappa shape index (κ3) is 1.96. The van der Waals surface area contributed by atoms with Crippen LogP contribution in [0.5, 0.6) is 0 Å². The van der Waals surface area contributed by atoms with Crippen molar-refractivity contribution >= 4 is 16.9 Å². The van der Waals surface area contributed by atoms with Crippen LogP contribution in [0.1, 0.15) is 28.9 Å². The first-order valence-corrected chi connectivity index (χ1v) is 6.83. The number of carbonyl (C=O) groups is 1. The lowest BCUT2D eigenvalue weighted by Gasteiger charge is -2.22. The molecule has 1 N–H and O–H groups in total. The van der Waals surface area contributed by atoms with Gasteiger partial charge in [-0.25, -0.2) is 4.98 Å². The lowest BCUT2D eigenvalue weighted by Crippen LogP contribution is -2.37. The minimum atomic E-state index is -0.0619. The van der Waals surface area contributed by atoms with Gasteiger partial charge in [-0.2, -0.15) is 5.10 Å². The van der Waals surface area contributed by atoms with Crippen molar-refractivity contribution in [1.82, 2.24) is 19.7 Å². The van der Waals surface area contributed by atoms with Crippen LogP contribution in [-0.4, -0.2) is 49.9 Å². The Morgan fingerprint density at radius 1 is 1.55 bits per heavy atom. The highest BCUT2D eigenvalue weighted by Crippen LogP contribution is 2.22. The van der Waals surface area contributed by atoms with Crippen molar-refractivity contribution in [2.45, 2.75) is 25.8 Å². The molecule has 1 saturated heterocycles. The number of likely N-dealkylation sites (tertiary alicyclic amines) is 1. The molecular formula is C14H18N4O2. The van der Waals surface area contributed by atoms with Gasteiger partial charge in [0.1, 0.15) is 0 Å². The number of aromatic nitrogens is 3. The van der Waals surface area contributed by atoms with Gasteiger partial charge in [-0.3, -0.25) is 9.48 Å². The van der Waals surface area contributed by atoms with E-state index in [0.717, 1.165) is 29.6 Å². The Labute approximate surface area is 117 Å². The van der Waals surface area contributed by atoms with Crippen LogP contribution in [0, 0.1) is 6.92 Å². The molecule has 0 unspecified atom stereocenters. The van der Waals surface area contributed by atoms with Crippen LogP contribution >= 0.6 is 0 Å². The summed E-state index contributed by atoms with van der Waals surface area (Å²) in [6, 6.07) is 1.79. The first-order chi connectivity index (χ1) is 9.61. The Hall–Kier alpha value is -1.95. The van der Waals surface area contributed by atoms with Crippen molar-refractivity contribution in [2.75, 3.05) is 13.2 Å². The molecule has 0 spiro atoms. The summed E-state index contributed by atoms with van der Waals surface area (Å²) >= 11 is 0. The molecule has 2 aromatic rings. The van der Waals surface area contributed by atoms with Crippen molar-refractivity contribution in [3.8, 4) is 0 Å². The lowest BCUT2D eigenvalue weighted by atomic mass is 10.1. The molecule has 0 radical (unpaired) electrons. The topological polar surface area (TPSA) is 71.2 Å². The quantitative estimate of drug-likeness (QED) is 0.882. The monoisotopic (exact) mass is 274 g/mol. The predicted molar refractivity (Wildman–Crippen MR) is 74.4 cm³/mol. The Balaban J connectivity index is 1.97. The van der Waals surface area contributed by atoms with Gasteiger partial charge in [0, 0.05) is 25.2 Å². The molecule has 0 saturated carbocycles. The number of amides is 1. The van der Waals surface area contributed by atoms with Crippen LogP contribution in [0.2, 0.25) is 0 Å². The van der Waals surface area contributed by atoms with Gasteiger partial charge in [0.2, 0.25) is 0 Å². The van der Waals surface area contributed by atoms with E-state index in [1.165, 1.54) is 0 Å². The van der Waals surface area contributed by atoms with E-state index in [-0.39, 0.29) is 18.6 Å². The molecule has 106 valence electrons. The SMILES string of the molecule is Cc1nn(C)c2ncc(C(=O)N3CCC[C@H]3CO)cc12. The fraction of sp³-hybridized carbons (Fsp3) is 0.500. The molecule has 1 amide bonds. The zero-order valence-electron chi connectivity index (χ0n) is 11.7. The van der Waals surface area contributed by atoms with Crippen molar-refractivity contribution in [2.24, 2.45) is 7.05 Å². The summed E-state index contributed by atoms with van der Waals surface area (Å²) in [5.74, 6) is -0.0563. The summed E-state index contributed by atoms with van der Waals surface area (Å²) in [5.41, 5.74) is 2.21. The highest BCUT2D eigenvalue weighted by molar-refractivity contribution is 5.97. The second kappa shape index (κ2) is 4.86. The molecule has 1 aliphatic heterocycles. The number of hydrogen-bond acceptors (Lipinski definition) is 4. The van der Waals surface area contributed by atoms with Crippen LogP contribution in [0.25, 0.3) is 11.0 Å². The van der Waals surface area contributed by atoms with E-state index < -0.39 is 0 Å². The summed E-state index contributed by atoms with van der Waals surface area (Å²) in [6.45, 7) is 2.63. The van der Waals surface area contributed by atoms with Gasteiger partial charge in [0.25, 0.3) is 5.91 Å². The standard InChI is InChI=1S/C14H18N4O2/c1-9-12-6-10(7-15-13(12)17(2)16-9)14(20)18-5-3-4-11(18)8-19/h6-7,11,19H,3-5,8H2,1-2H3/t11-/m0/s1. The number of carbonyl (C=O) groups excluding carboxylic acids is 1. The number of hydrogen-bond donors (Lipinski definition) is 1. The second-order valence-corrected chi connectivity index (χ2v) is 5.28. The molecule has 1 atom stereocenters. The van der Waals surface area contributed by atoms with Gasteiger partial charge in [0.15, 0.2) is 5.65 Å². The van der Waals surface area contributed by atoms with Crippen LogP contribution < -0.4 is 0 Å². The highest BCUT2D eigenvalue weighted by Gasteiger charge is 2.29. The van der Waals surface area contributed by atoms with Crippen LogP contribution in [0.15, 0.2) is 12.3 Å². The number of aryl methyl sites for hydroxylation is 2. The maximum atomic E-state index is 12.5. The third-order valence-corrected chi connectivity index (χ3v) is 3.96. The molecule has 0 aromatic carbocycles. The maximum Gasteiger partial charge on any atom is 0.255 e. The largest absolute Gasteiger partial charge is 0.394 e. The minimum Gasteiger partial charge on any atom is -0.394 e. The minimum absolute atomic E-state index is 0.0212. The lowest BCUT2D eigenvalue weighted by molar-refractivity contribution is 0.0677. The Kier molecular flexibility index (Phi) is 3.17. The zero-order valence-corrected chi connectivity index (χ0v) is 11.7. The van der Waals surface area contributed by atoms with Gasteiger partial charge >= 0.3 is 0 Å². The molecule has 3 rings (SSSR count). The molecule has 0 aliphatic carbocycles. The van der Waals surface area contributed by atoms with E-state index >= 15 is 0 Å². The fourth-order valence-corrected chi connectivity index (χ4v) is 2.88. The molecule has 6 nitrogen and oxygen atoms in total. The van der Waals surface area contributed by atoms with Crippen LogP contribution in [0.4, 0.5) is 0 Å². The fourth-order valence-electron chi connectivity index (χ4n) is 2.88. The van der Waals surface area contributed by atoms with Crippen molar-refractivity contribution < 1.29 is 9.90 Å². The third-order valence-electron chi connectivity index (χ3n) is 3.96. The van der Waals surface area contributed by atoms with E-state index in [0.29, 0.717) is 12.1 Å². The van der Waals surface area contributed by atoms with Gasteiger partial charge in [-0.05, 0) is 25.8 Å². The maximum absolute atomic E-state index is 12.5. The molecule has 20 heavy (non-hydrogen) atoms. The van der Waals surface area contributed by atoms with Crippen molar-refractivity contribution in [3.05, 3.63) is 23.5 Å². The second-order valence-electron chi connectivity index (χ2n) is 5.28. The molecule has 1 aliphatic rings. The van der Waals surface area contributed by atoms with Crippen molar-refractivity contribution in [3.63, 3.8) is 0 Å². The van der Waals surface area contributed by atoms with Crippen LogP contribution in [-0.2, 0) is 7.05 Å². The van der Waals surface area contributed by atoms with E-state index in [1.54, 1.807) is 15.8 Å². The van der Waals surface area contributed by atoms with Gasteiger partial charge in [-0.15, -0.1) is 0 Å². The molecule has 1 fully saturated rings. The summed E-state index contributed by atoms with van der Waals surface area (Å²) < 4.78 is 1.71. The number of aliphatic hydroxyl groups is 1. The zero-order chi connectivity index (χ0) is 14.3. The number of rotatable bonds is 2. The molecule has 3 heterocycles. The summed E-state index contributed by atoms with van der Waals surface area (Å²) in [4.78, 5) is 18.6. The predicted octanol–water partition coefficient (Wildman–Crippen LogP) is 0.874. The Morgan fingerprint density at radius 2 is 2.35 bits per heavy atom. The van der Waals surface area contributed by atoms with E-state index in [4.69, 9.17) is 0 Å². The van der Waals surface area contributed by atoms with E-state index in [2.05, 4.69) is 10.1 Å². The normalized spacial score (nSPS) is 18.9. The van der Waals surface area contributed by atoms with Gasteiger partial charge in [-0.1, -0.05) is 0 Å². The number of nitrogens with zero attached hydrogens (tertiary/aromatic N) is 4. The van der Waals surface area contributed by atoms with Gasteiger partial charge in [0.05, 0.1) is 23.9 Å². The first-order valence-electron chi connectivity index (χ1n) is 6.83. The smallest absolute Gasteiger partial charge is 0.255 e. The van der Waals surface area contributed by atoms with Crippen LogP contribution in [0.3, 0.4) is 0 Å². The number of fused-ring (bicyclic) bond motifs is 1. The summed E-state index contributed by atoms with van der Waals surface area (Å²) in [7, 11) is 1.84. The Morgan fingerprint density at radius 3 is 3.10 bits per heavy atom. The molecule has 6 heteroatoms. The van der Waals surface area contributed by atoms with Gasteiger partial charge < -0.3 is 10.0 Å². The van der Waals surface area contributed by atoms with E-state index in [1.807, 2.05) is 20.0 Å². The molecular weight excluding hydrogens is 256 g/mol. The number of aliphatic hydroxyl groups excluding tert-OH is 1. The first kappa shape index (κ1) is 13.1. The average molecular weight is 274 g/mol. The summed E-state index contributed by atoms with van der Waals surface area (Å²) in [5, 5.41) is 14.5. The number of pyridine rings is 1. The van der Waals surface area contributed by atoms with Crippen molar-refractivity contribution in [1.29, 1.82) is 0 Å². The highest BCUT2D eigenvalue weighted by atomic mass is 16.3. The Bertz CT molecular complexity index is 664.